The molecule has 1 aliphatic heterocycles. The van der Waals surface area contributed by atoms with Gasteiger partial charge in [-0.05, 0) is 23.6 Å². The number of carbonyl (C=O) groups excluding carboxylic acids is 1. The molecule has 0 radical (unpaired) electrons. The average molecular weight is 290 g/mol. The summed E-state index contributed by atoms with van der Waals surface area (Å²) in [7, 11) is 0. The highest BCUT2D eigenvalue weighted by molar-refractivity contribution is 5.86. The maximum Gasteiger partial charge on any atom is 0.223 e. The van der Waals surface area contributed by atoms with E-state index < -0.39 is 0 Å². The van der Waals surface area contributed by atoms with E-state index in [0.29, 0.717) is 13.0 Å². The Morgan fingerprint density at radius 1 is 1.05 bits per heavy atom. The van der Waals surface area contributed by atoms with Crippen LogP contribution in [0, 0.1) is 0 Å². The number of nitrogens with zero attached hydrogens (tertiary/aromatic N) is 1. The lowest BCUT2D eigenvalue weighted by molar-refractivity contribution is -0.129. The highest BCUT2D eigenvalue weighted by Gasteiger charge is 2.33. The second-order valence-corrected chi connectivity index (χ2v) is 5.85. The quantitative estimate of drug-likeness (QED) is 0.776. The predicted molar refractivity (Wildman–Crippen MR) is 87.3 cm³/mol. The fourth-order valence-electron chi connectivity index (χ4n) is 3.40. The summed E-state index contributed by atoms with van der Waals surface area (Å²) >= 11 is 0. The average Bonchev–Trinajstić information content (AvgIpc) is 3.13. The first kappa shape index (κ1) is 13.1. The first-order chi connectivity index (χ1) is 10.8. The minimum atomic E-state index is 0.170. The van der Waals surface area contributed by atoms with Crippen LogP contribution in [0.4, 0.5) is 0 Å². The summed E-state index contributed by atoms with van der Waals surface area (Å²) in [6.07, 6.45) is 3.59. The van der Waals surface area contributed by atoms with Crippen molar-refractivity contribution in [2.75, 3.05) is 0 Å². The molecule has 1 N–H and O–H groups in total. The number of hydrogen-bond acceptors (Lipinski definition) is 1. The molecule has 1 aliphatic rings. The van der Waals surface area contributed by atoms with Gasteiger partial charge in [0.15, 0.2) is 0 Å². The Morgan fingerprint density at radius 2 is 1.82 bits per heavy atom. The van der Waals surface area contributed by atoms with Crippen LogP contribution in [0.3, 0.4) is 0 Å². The first-order valence-electron chi connectivity index (χ1n) is 7.72. The van der Waals surface area contributed by atoms with Crippen LogP contribution in [0.1, 0.15) is 30.0 Å². The molecule has 3 heteroatoms. The summed E-state index contributed by atoms with van der Waals surface area (Å²) in [5.74, 6) is 0.249. The molecule has 0 aliphatic carbocycles. The number of amides is 1. The molecule has 110 valence electrons. The fraction of sp³-hybridized carbons (Fsp3) is 0.211. The van der Waals surface area contributed by atoms with E-state index in [4.69, 9.17) is 0 Å². The van der Waals surface area contributed by atoms with Crippen molar-refractivity contribution in [3.05, 3.63) is 71.9 Å². The van der Waals surface area contributed by atoms with E-state index >= 15 is 0 Å². The summed E-state index contributed by atoms with van der Waals surface area (Å²) in [4.78, 5) is 17.7. The molecule has 3 aromatic rings. The first-order valence-corrected chi connectivity index (χ1v) is 7.72. The normalized spacial score (nSPS) is 18.3. The number of nitrogens with one attached hydrogen (secondary N) is 1. The largest absolute Gasteiger partial charge is 0.361 e. The van der Waals surface area contributed by atoms with Gasteiger partial charge in [-0.2, -0.15) is 0 Å². The lowest BCUT2D eigenvalue weighted by Crippen LogP contribution is -2.27. The monoisotopic (exact) mass is 290 g/mol. The van der Waals surface area contributed by atoms with Crippen LogP contribution in [-0.4, -0.2) is 15.8 Å². The van der Waals surface area contributed by atoms with Crippen LogP contribution < -0.4 is 0 Å². The lowest BCUT2D eigenvalue weighted by Gasteiger charge is -2.25. The van der Waals surface area contributed by atoms with E-state index in [2.05, 4.69) is 41.5 Å². The Kier molecular flexibility index (Phi) is 3.19. The van der Waals surface area contributed by atoms with Gasteiger partial charge in [0, 0.05) is 30.1 Å². The second-order valence-electron chi connectivity index (χ2n) is 5.85. The predicted octanol–water partition coefficient (Wildman–Crippen LogP) is 4.03. The maximum absolute atomic E-state index is 12.3. The highest BCUT2D eigenvalue weighted by atomic mass is 16.2. The minimum Gasteiger partial charge on any atom is -0.361 e. The van der Waals surface area contributed by atoms with Crippen LogP contribution in [0.5, 0.6) is 0 Å². The Hall–Kier alpha value is -2.55. The van der Waals surface area contributed by atoms with Gasteiger partial charge in [0.05, 0.1) is 6.04 Å². The summed E-state index contributed by atoms with van der Waals surface area (Å²) in [5, 5.41) is 1.22. The van der Waals surface area contributed by atoms with E-state index in [1.165, 1.54) is 16.5 Å². The van der Waals surface area contributed by atoms with Gasteiger partial charge in [-0.15, -0.1) is 0 Å². The van der Waals surface area contributed by atoms with Crippen LogP contribution in [0.2, 0.25) is 0 Å². The Bertz CT molecular complexity index is 806. The number of likely N-dealkylation sites (tertiary alicyclic amines) is 1. The number of rotatable bonds is 3. The van der Waals surface area contributed by atoms with E-state index in [1.54, 1.807) is 0 Å². The third kappa shape index (κ3) is 2.19. The van der Waals surface area contributed by atoms with Crippen molar-refractivity contribution >= 4 is 16.8 Å². The van der Waals surface area contributed by atoms with Gasteiger partial charge in [0.25, 0.3) is 0 Å². The van der Waals surface area contributed by atoms with E-state index in [9.17, 15) is 4.79 Å². The fourth-order valence-corrected chi connectivity index (χ4v) is 3.40. The molecule has 3 nitrogen and oxygen atoms in total. The molecule has 0 unspecified atom stereocenters. The molecule has 0 spiro atoms. The Labute approximate surface area is 129 Å². The zero-order valence-electron chi connectivity index (χ0n) is 12.3. The third-order valence-corrected chi connectivity index (χ3v) is 4.50. The van der Waals surface area contributed by atoms with Crippen molar-refractivity contribution in [3.8, 4) is 0 Å². The van der Waals surface area contributed by atoms with E-state index in [-0.39, 0.29) is 11.9 Å². The second kappa shape index (κ2) is 5.34. The minimum absolute atomic E-state index is 0.170. The van der Waals surface area contributed by atoms with Crippen LogP contribution in [0.15, 0.2) is 60.8 Å². The third-order valence-electron chi connectivity index (χ3n) is 4.50. The number of H-pyrrole nitrogens is 1. The molecule has 2 heterocycles. The number of para-hydroxylation sites is 1. The van der Waals surface area contributed by atoms with Gasteiger partial charge >= 0.3 is 0 Å². The van der Waals surface area contributed by atoms with Gasteiger partial charge in [0.2, 0.25) is 5.91 Å². The zero-order valence-corrected chi connectivity index (χ0v) is 12.3. The number of fused-ring (bicyclic) bond motifs is 1. The number of benzene rings is 2. The van der Waals surface area contributed by atoms with Crippen molar-refractivity contribution in [1.29, 1.82) is 0 Å². The lowest BCUT2D eigenvalue weighted by atomic mass is 10.0. The number of aromatic nitrogens is 1. The summed E-state index contributed by atoms with van der Waals surface area (Å²) in [6.45, 7) is 0.684. The molecule has 1 atom stereocenters. The molecule has 4 rings (SSSR count). The van der Waals surface area contributed by atoms with Crippen LogP contribution in [0.25, 0.3) is 10.9 Å². The summed E-state index contributed by atoms with van der Waals surface area (Å²) in [5.41, 5.74) is 3.55. The number of aromatic amines is 1. The molecular formula is C19H18N2O. The van der Waals surface area contributed by atoms with Gasteiger partial charge in [-0.1, -0.05) is 48.5 Å². The molecule has 1 fully saturated rings. The number of carbonyl (C=O) groups is 1. The van der Waals surface area contributed by atoms with Crippen LogP contribution >= 0.6 is 0 Å². The zero-order chi connectivity index (χ0) is 14.9. The Morgan fingerprint density at radius 3 is 2.68 bits per heavy atom. The molecule has 2 aromatic carbocycles. The van der Waals surface area contributed by atoms with Crippen molar-refractivity contribution < 1.29 is 4.79 Å². The number of hydrogen-bond donors (Lipinski definition) is 1. The van der Waals surface area contributed by atoms with Gasteiger partial charge in [0.1, 0.15) is 0 Å². The molecular weight excluding hydrogens is 272 g/mol. The van der Waals surface area contributed by atoms with E-state index in [0.717, 1.165) is 11.9 Å². The molecule has 0 bridgehead atoms. The van der Waals surface area contributed by atoms with Crippen molar-refractivity contribution in [2.24, 2.45) is 0 Å². The summed E-state index contributed by atoms with van der Waals surface area (Å²) < 4.78 is 0. The molecule has 22 heavy (non-hydrogen) atoms. The summed E-state index contributed by atoms with van der Waals surface area (Å²) in [6, 6.07) is 18.7. The topological polar surface area (TPSA) is 36.1 Å². The molecule has 1 amide bonds. The van der Waals surface area contributed by atoms with Gasteiger partial charge in [-0.3, -0.25) is 4.79 Å². The Balaban J connectivity index is 1.69. The van der Waals surface area contributed by atoms with Crippen molar-refractivity contribution in [1.82, 2.24) is 9.88 Å². The smallest absolute Gasteiger partial charge is 0.223 e. The highest BCUT2D eigenvalue weighted by Crippen LogP contribution is 2.37. The van der Waals surface area contributed by atoms with Crippen LogP contribution in [-0.2, 0) is 11.3 Å². The molecule has 1 saturated heterocycles. The van der Waals surface area contributed by atoms with Crippen molar-refractivity contribution in [3.63, 3.8) is 0 Å². The van der Waals surface area contributed by atoms with Gasteiger partial charge in [-0.25, -0.2) is 0 Å². The van der Waals surface area contributed by atoms with Gasteiger partial charge < -0.3 is 9.88 Å². The molecule has 1 aromatic heterocycles. The SMILES string of the molecule is O=C1CC[C@@H](c2c[nH]c3ccccc23)N1Cc1ccccc1. The van der Waals surface area contributed by atoms with E-state index in [1.807, 2.05) is 29.2 Å². The maximum atomic E-state index is 12.3. The van der Waals surface area contributed by atoms with Crippen molar-refractivity contribution in [2.45, 2.75) is 25.4 Å². The standard InChI is InChI=1S/C19H18N2O/c22-19-11-10-18(21(19)13-14-6-2-1-3-7-14)16-12-20-17-9-5-4-8-15(16)17/h1-9,12,18,20H,10-11,13H2/t18-/m0/s1. The molecule has 0 saturated carbocycles.